The van der Waals surface area contributed by atoms with E-state index in [1.165, 1.54) is 4.88 Å². The van der Waals surface area contributed by atoms with Gasteiger partial charge in [-0.25, -0.2) is 4.98 Å². The highest BCUT2D eigenvalue weighted by atomic mass is 32.1. The molecule has 124 valence electrons. The number of carbonyl (C=O) groups excluding carboxylic acids is 1. The first-order valence-corrected chi connectivity index (χ1v) is 8.97. The van der Waals surface area contributed by atoms with Crippen LogP contribution in [-0.2, 0) is 0 Å². The van der Waals surface area contributed by atoms with Crippen molar-refractivity contribution in [2.75, 3.05) is 13.1 Å². The van der Waals surface area contributed by atoms with E-state index in [-0.39, 0.29) is 5.91 Å². The van der Waals surface area contributed by atoms with Gasteiger partial charge in [-0.1, -0.05) is 0 Å². The van der Waals surface area contributed by atoms with Gasteiger partial charge < -0.3 is 4.90 Å². The summed E-state index contributed by atoms with van der Waals surface area (Å²) >= 11 is 1.76. The molecule has 1 aliphatic rings. The van der Waals surface area contributed by atoms with E-state index in [0.29, 0.717) is 11.5 Å². The van der Waals surface area contributed by atoms with Crippen LogP contribution in [0.1, 0.15) is 44.7 Å². The second kappa shape index (κ2) is 5.98. The van der Waals surface area contributed by atoms with Crippen LogP contribution in [0.4, 0.5) is 0 Å². The molecule has 3 aromatic rings. The second-order valence-corrected chi connectivity index (χ2v) is 7.55. The van der Waals surface area contributed by atoms with Gasteiger partial charge >= 0.3 is 0 Å². The van der Waals surface area contributed by atoms with Gasteiger partial charge in [0.05, 0.1) is 10.7 Å². The van der Waals surface area contributed by atoms with Crippen molar-refractivity contribution in [1.29, 1.82) is 0 Å². The van der Waals surface area contributed by atoms with Crippen LogP contribution in [0.15, 0.2) is 18.2 Å². The fourth-order valence-corrected chi connectivity index (χ4v) is 4.24. The molecule has 4 rings (SSSR count). The van der Waals surface area contributed by atoms with E-state index in [1.54, 1.807) is 11.3 Å². The van der Waals surface area contributed by atoms with Gasteiger partial charge in [-0.05, 0) is 44.9 Å². The maximum absolute atomic E-state index is 12.9. The number of likely N-dealkylation sites (tertiary alicyclic amines) is 1. The number of hydrogen-bond acceptors (Lipinski definition) is 5. The van der Waals surface area contributed by atoms with Gasteiger partial charge in [0, 0.05) is 29.4 Å². The summed E-state index contributed by atoms with van der Waals surface area (Å²) in [6.07, 6.45) is 2.11. The highest BCUT2D eigenvalue weighted by Gasteiger charge is 2.27. The number of benzene rings is 1. The third-order valence-electron chi connectivity index (χ3n) is 4.67. The Morgan fingerprint density at radius 2 is 2.12 bits per heavy atom. The van der Waals surface area contributed by atoms with Crippen LogP contribution in [0, 0.1) is 13.8 Å². The molecule has 6 nitrogen and oxygen atoms in total. The molecule has 1 atom stereocenters. The molecule has 3 heterocycles. The summed E-state index contributed by atoms with van der Waals surface area (Å²) in [5.74, 6) is 0.408. The first kappa shape index (κ1) is 15.3. The molecule has 1 aliphatic heterocycles. The maximum Gasteiger partial charge on any atom is 0.253 e. The summed E-state index contributed by atoms with van der Waals surface area (Å²) in [7, 11) is 0. The second-order valence-electron chi connectivity index (χ2n) is 6.31. The zero-order chi connectivity index (χ0) is 16.7. The van der Waals surface area contributed by atoms with Crippen LogP contribution < -0.4 is 0 Å². The van der Waals surface area contributed by atoms with Gasteiger partial charge in [-0.3, -0.25) is 4.79 Å². The van der Waals surface area contributed by atoms with Crippen molar-refractivity contribution < 1.29 is 4.79 Å². The van der Waals surface area contributed by atoms with Gasteiger partial charge in [0.25, 0.3) is 5.91 Å². The van der Waals surface area contributed by atoms with Crippen molar-refractivity contribution in [1.82, 2.24) is 25.3 Å². The Balaban J connectivity index is 1.55. The summed E-state index contributed by atoms with van der Waals surface area (Å²) in [5.41, 5.74) is 3.27. The number of hydrogen-bond donors (Lipinski definition) is 1. The lowest BCUT2D eigenvalue weighted by Crippen LogP contribution is -2.39. The molecule has 0 saturated carbocycles. The Morgan fingerprint density at radius 1 is 1.29 bits per heavy atom. The fraction of sp³-hybridized carbons (Fsp3) is 0.412. The quantitative estimate of drug-likeness (QED) is 0.777. The van der Waals surface area contributed by atoms with Crippen LogP contribution in [0.3, 0.4) is 0 Å². The molecule has 2 aromatic heterocycles. The highest BCUT2D eigenvalue weighted by Crippen LogP contribution is 2.31. The molecular weight excluding hydrogens is 322 g/mol. The third kappa shape index (κ3) is 2.69. The van der Waals surface area contributed by atoms with E-state index in [1.807, 2.05) is 30.0 Å². The molecule has 1 saturated heterocycles. The Hall–Kier alpha value is -2.28. The molecule has 1 N–H and O–H groups in total. The number of aromatic amines is 1. The van der Waals surface area contributed by atoms with Crippen LogP contribution in [0.5, 0.6) is 0 Å². The Kier molecular flexibility index (Phi) is 3.80. The van der Waals surface area contributed by atoms with Crippen molar-refractivity contribution in [3.8, 4) is 0 Å². The van der Waals surface area contributed by atoms with Crippen molar-refractivity contribution in [3.63, 3.8) is 0 Å². The van der Waals surface area contributed by atoms with E-state index < -0.39 is 0 Å². The van der Waals surface area contributed by atoms with Crippen LogP contribution in [-0.4, -0.2) is 44.3 Å². The number of nitrogens with zero attached hydrogens (tertiary/aromatic N) is 4. The fourth-order valence-electron chi connectivity index (χ4n) is 3.19. The average molecular weight is 341 g/mol. The minimum Gasteiger partial charge on any atom is -0.338 e. The number of rotatable bonds is 2. The molecule has 1 fully saturated rings. The molecule has 0 spiro atoms. The average Bonchev–Trinajstić information content (AvgIpc) is 3.20. The summed E-state index contributed by atoms with van der Waals surface area (Å²) in [6.45, 7) is 5.70. The molecular formula is C17H19N5OS. The predicted molar refractivity (Wildman–Crippen MR) is 93.4 cm³/mol. The molecule has 1 amide bonds. The molecule has 0 bridgehead atoms. The Bertz CT molecular complexity index is 880. The van der Waals surface area contributed by atoms with Gasteiger partial charge in [0.2, 0.25) is 0 Å². The molecule has 1 unspecified atom stereocenters. The summed E-state index contributed by atoms with van der Waals surface area (Å²) in [6, 6.07) is 5.47. The minimum atomic E-state index is 0.0644. The number of H-pyrrole nitrogens is 1. The number of aryl methyl sites for hydroxylation is 2. The largest absolute Gasteiger partial charge is 0.338 e. The standard InChI is InChI=1S/C17H19N5OS/c1-10-11(2)24-16(18-10)13-4-3-7-22(9-13)17(23)12-5-6-14-15(8-12)20-21-19-14/h5-6,8,13H,3-4,7,9H2,1-2H3,(H,19,20,21). The molecule has 1 aromatic carbocycles. The lowest BCUT2D eigenvalue weighted by molar-refractivity contribution is 0.0707. The number of aromatic nitrogens is 4. The molecule has 0 radical (unpaired) electrons. The number of carbonyl (C=O) groups is 1. The number of piperidine rings is 1. The van der Waals surface area contributed by atoms with Crippen molar-refractivity contribution in [3.05, 3.63) is 39.3 Å². The number of nitrogens with one attached hydrogen (secondary N) is 1. The molecule has 24 heavy (non-hydrogen) atoms. The molecule has 7 heteroatoms. The van der Waals surface area contributed by atoms with Gasteiger partial charge in [0.15, 0.2) is 0 Å². The predicted octanol–water partition coefficient (Wildman–Crippen LogP) is 3.05. The number of amides is 1. The Labute approximate surface area is 143 Å². The topological polar surface area (TPSA) is 74.8 Å². The van der Waals surface area contributed by atoms with E-state index in [9.17, 15) is 4.79 Å². The zero-order valence-electron chi connectivity index (χ0n) is 13.7. The summed E-state index contributed by atoms with van der Waals surface area (Å²) in [5, 5.41) is 11.8. The van der Waals surface area contributed by atoms with Crippen LogP contribution in [0.25, 0.3) is 11.0 Å². The number of fused-ring (bicyclic) bond motifs is 1. The van der Waals surface area contributed by atoms with Gasteiger partial charge in [-0.15, -0.1) is 11.3 Å². The van der Waals surface area contributed by atoms with Gasteiger partial charge in [-0.2, -0.15) is 15.4 Å². The molecule has 0 aliphatic carbocycles. The smallest absolute Gasteiger partial charge is 0.253 e. The zero-order valence-corrected chi connectivity index (χ0v) is 14.6. The summed E-state index contributed by atoms with van der Waals surface area (Å²) in [4.78, 5) is 20.8. The van der Waals surface area contributed by atoms with Crippen molar-refractivity contribution >= 4 is 28.3 Å². The normalized spacial score (nSPS) is 18.2. The lowest BCUT2D eigenvalue weighted by atomic mass is 9.98. The SMILES string of the molecule is Cc1nc(C2CCCN(C(=O)c3ccc4n[nH]nc4c3)C2)sc1C. The van der Waals surface area contributed by atoms with E-state index in [2.05, 4.69) is 22.3 Å². The highest BCUT2D eigenvalue weighted by molar-refractivity contribution is 7.11. The van der Waals surface area contributed by atoms with Crippen molar-refractivity contribution in [2.45, 2.75) is 32.6 Å². The monoisotopic (exact) mass is 341 g/mol. The van der Waals surface area contributed by atoms with E-state index in [0.717, 1.165) is 47.7 Å². The van der Waals surface area contributed by atoms with E-state index in [4.69, 9.17) is 4.98 Å². The van der Waals surface area contributed by atoms with Crippen LogP contribution >= 0.6 is 11.3 Å². The first-order valence-electron chi connectivity index (χ1n) is 8.15. The lowest BCUT2D eigenvalue weighted by Gasteiger charge is -2.32. The van der Waals surface area contributed by atoms with Gasteiger partial charge in [0.1, 0.15) is 11.0 Å². The maximum atomic E-state index is 12.9. The first-order chi connectivity index (χ1) is 11.6. The minimum absolute atomic E-state index is 0.0644. The van der Waals surface area contributed by atoms with Crippen LogP contribution in [0.2, 0.25) is 0 Å². The number of thiazole rings is 1. The Morgan fingerprint density at radius 3 is 2.92 bits per heavy atom. The summed E-state index contributed by atoms with van der Waals surface area (Å²) < 4.78 is 0. The van der Waals surface area contributed by atoms with E-state index >= 15 is 0 Å². The third-order valence-corrected chi connectivity index (χ3v) is 5.90. The van der Waals surface area contributed by atoms with Crippen molar-refractivity contribution in [2.24, 2.45) is 0 Å².